The molecular weight excluding hydrogens is 480 g/mol. The van der Waals surface area contributed by atoms with E-state index in [1.807, 2.05) is 48.9 Å². The number of hydrogen-bond donors (Lipinski definition) is 2. The van der Waals surface area contributed by atoms with Crippen molar-refractivity contribution in [3.05, 3.63) is 82.9 Å². The minimum Gasteiger partial charge on any atom is -0.357 e. The predicted molar refractivity (Wildman–Crippen MR) is 127 cm³/mol. The normalized spacial score (nSPS) is 11.1. The molecule has 3 rings (SSSR count). The fourth-order valence-corrected chi connectivity index (χ4v) is 3.03. The number of hydrogen-bond acceptors (Lipinski definition) is 2. The fraction of sp³-hybridized carbons (Fsp3) is 0.273. The Balaban J connectivity index is 0.00000300. The van der Waals surface area contributed by atoms with E-state index < -0.39 is 0 Å². The molecular formula is C22H27FIN5. The second kappa shape index (κ2) is 10.9. The van der Waals surface area contributed by atoms with Gasteiger partial charge in [0.05, 0.1) is 17.9 Å². The highest BCUT2D eigenvalue weighted by Gasteiger charge is 2.13. The summed E-state index contributed by atoms with van der Waals surface area (Å²) < 4.78 is 15.0. The lowest BCUT2D eigenvalue weighted by Gasteiger charge is -2.12. The van der Waals surface area contributed by atoms with Gasteiger partial charge in [-0.3, -0.25) is 0 Å². The van der Waals surface area contributed by atoms with Gasteiger partial charge in [-0.1, -0.05) is 30.3 Å². The Hall–Kier alpha value is -2.42. The Labute approximate surface area is 188 Å². The molecule has 5 nitrogen and oxygen atoms in total. The number of aromatic nitrogens is 2. The quantitative estimate of drug-likeness (QED) is 0.294. The van der Waals surface area contributed by atoms with Gasteiger partial charge in [0, 0.05) is 24.3 Å². The third kappa shape index (κ3) is 6.03. The second-order valence-electron chi connectivity index (χ2n) is 6.57. The molecule has 0 atom stereocenters. The third-order valence-corrected chi connectivity index (χ3v) is 4.55. The minimum atomic E-state index is -0.237. The monoisotopic (exact) mass is 507 g/mol. The van der Waals surface area contributed by atoms with Crippen LogP contribution in [0.25, 0.3) is 5.69 Å². The van der Waals surface area contributed by atoms with Crippen LogP contribution in [0.2, 0.25) is 0 Å². The molecule has 1 heterocycles. The van der Waals surface area contributed by atoms with Crippen LogP contribution in [0.4, 0.5) is 4.39 Å². The molecule has 0 aliphatic heterocycles. The molecule has 29 heavy (non-hydrogen) atoms. The fourth-order valence-electron chi connectivity index (χ4n) is 3.03. The summed E-state index contributed by atoms with van der Waals surface area (Å²) in [6.07, 6.45) is 0. The Morgan fingerprint density at radius 3 is 2.38 bits per heavy atom. The van der Waals surface area contributed by atoms with Crippen molar-refractivity contribution in [1.82, 2.24) is 20.4 Å². The van der Waals surface area contributed by atoms with Gasteiger partial charge in [-0.05, 0) is 50.6 Å². The first-order valence-electron chi connectivity index (χ1n) is 9.45. The Bertz CT molecular complexity index is 936. The average Bonchev–Trinajstić information content (AvgIpc) is 3.00. The van der Waals surface area contributed by atoms with E-state index in [4.69, 9.17) is 0 Å². The molecule has 154 valence electrons. The number of para-hydroxylation sites is 1. The van der Waals surface area contributed by atoms with Crippen LogP contribution in [-0.2, 0) is 13.1 Å². The highest BCUT2D eigenvalue weighted by Crippen LogP contribution is 2.17. The van der Waals surface area contributed by atoms with Gasteiger partial charge < -0.3 is 10.6 Å². The highest BCUT2D eigenvalue weighted by atomic mass is 127. The van der Waals surface area contributed by atoms with Crippen LogP contribution in [-0.4, -0.2) is 22.3 Å². The Kier molecular flexibility index (Phi) is 8.63. The summed E-state index contributed by atoms with van der Waals surface area (Å²) in [5.41, 5.74) is 5.25. The smallest absolute Gasteiger partial charge is 0.191 e. The van der Waals surface area contributed by atoms with E-state index in [-0.39, 0.29) is 29.8 Å². The van der Waals surface area contributed by atoms with Crippen molar-refractivity contribution >= 4 is 29.9 Å². The number of halogens is 2. The highest BCUT2D eigenvalue weighted by molar-refractivity contribution is 14.0. The Morgan fingerprint density at radius 2 is 1.72 bits per heavy atom. The zero-order valence-corrected chi connectivity index (χ0v) is 19.3. The van der Waals surface area contributed by atoms with E-state index in [9.17, 15) is 4.39 Å². The van der Waals surface area contributed by atoms with Crippen molar-refractivity contribution in [1.29, 1.82) is 0 Å². The van der Waals surface area contributed by atoms with Gasteiger partial charge in [0.15, 0.2) is 5.96 Å². The summed E-state index contributed by atoms with van der Waals surface area (Å²) in [6.45, 7) is 7.99. The molecule has 0 amide bonds. The maximum absolute atomic E-state index is 13.0. The topological polar surface area (TPSA) is 54.2 Å². The predicted octanol–water partition coefficient (Wildman–Crippen LogP) is 4.50. The number of nitrogens with zero attached hydrogens (tertiary/aromatic N) is 3. The third-order valence-electron chi connectivity index (χ3n) is 4.55. The van der Waals surface area contributed by atoms with E-state index >= 15 is 0 Å². The van der Waals surface area contributed by atoms with Crippen LogP contribution in [0.5, 0.6) is 0 Å². The first-order chi connectivity index (χ1) is 13.6. The standard InChI is InChI=1S/C22H26FN5.HI/c1-4-24-22(25-14-18-10-12-19(23)13-11-18)26-15-21-16(2)27-28(17(21)3)20-8-6-5-7-9-20;/h5-13H,4,14-15H2,1-3H3,(H2,24,25,26);1H. The van der Waals surface area contributed by atoms with E-state index in [0.717, 1.165) is 40.7 Å². The van der Waals surface area contributed by atoms with Crippen LogP contribution in [0.1, 0.15) is 29.4 Å². The van der Waals surface area contributed by atoms with E-state index in [2.05, 4.69) is 27.6 Å². The van der Waals surface area contributed by atoms with Crippen LogP contribution in [0.3, 0.4) is 0 Å². The van der Waals surface area contributed by atoms with Crippen molar-refractivity contribution in [2.24, 2.45) is 4.99 Å². The summed E-state index contributed by atoms with van der Waals surface area (Å²) >= 11 is 0. The SMILES string of the molecule is CCNC(=NCc1ccc(F)cc1)NCc1c(C)nn(-c2ccccc2)c1C.I. The van der Waals surface area contributed by atoms with Gasteiger partial charge in [-0.25, -0.2) is 14.1 Å². The zero-order chi connectivity index (χ0) is 19.9. The molecule has 1 aromatic heterocycles. The molecule has 3 aromatic rings. The van der Waals surface area contributed by atoms with Crippen molar-refractivity contribution < 1.29 is 4.39 Å². The Morgan fingerprint density at radius 1 is 1.03 bits per heavy atom. The van der Waals surface area contributed by atoms with E-state index in [1.54, 1.807) is 12.1 Å². The maximum atomic E-state index is 13.0. The number of aliphatic imine (C=N–C) groups is 1. The van der Waals surface area contributed by atoms with Gasteiger partial charge in [-0.15, -0.1) is 24.0 Å². The number of guanidine groups is 1. The maximum Gasteiger partial charge on any atom is 0.191 e. The van der Waals surface area contributed by atoms with Crippen LogP contribution in [0, 0.1) is 19.7 Å². The van der Waals surface area contributed by atoms with Gasteiger partial charge >= 0.3 is 0 Å². The molecule has 0 saturated carbocycles. The zero-order valence-electron chi connectivity index (χ0n) is 16.9. The molecule has 0 aliphatic carbocycles. The lowest BCUT2D eigenvalue weighted by Crippen LogP contribution is -2.37. The van der Waals surface area contributed by atoms with E-state index in [0.29, 0.717) is 13.1 Å². The number of benzene rings is 2. The lowest BCUT2D eigenvalue weighted by atomic mass is 10.2. The number of rotatable bonds is 6. The molecule has 0 saturated heterocycles. The average molecular weight is 507 g/mol. The largest absolute Gasteiger partial charge is 0.357 e. The van der Waals surface area contributed by atoms with Crippen molar-refractivity contribution in [3.8, 4) is 5.69 Å². The van der Waals surface area contributed by atoms with Crippen molar-refractivity contribution in [2.75, 3.05) is 6.54 Å². The second-order valence-corrected chi connectivity index (χ2v) is 6.57. The van der Waals surface area contributed by atoms with Gasteiger partial charge in [0.2, 0.25) is 0 Å². The van der Waals surface area contributed by atoms with E-state index in [1.165, 1.54) is 12.1 Å². The molecule has 0 bridgehead atoms. The van der Waals surface area contributed by atoms with Crippen LogP contribution in [0.15, 0.2) is 59.6 Å². The molecule has 0 unspecified atom stereocenters. The molecule has 0 fully saturated rings. The van der Waals surface area contributed by atoms with Crippen LogP contribution < -0.4 is 10.6 Å². The molecule has 2 aromatic carbocycles. The van der Waals surface area contributed by atoms with Gasteiger partial charge in [-0.2, -0.15) is 5.10 Å². The molecule has 2 N–H and O–H groups in total. The van der Waals surface area contributed by atoms with Crippen LogP contribution >= 0.6 is 24.0 Å². The summed E-state index contributed by atoms with van der Waals surface area (Å²) in [5, 5.41) is 11.3. The summed E-state index contributed by atoms with van der Waals surface area (Å²) in [4.78, 5) is 4.60. The van der Waals surface area contributed by atoms with Gasteiger partial charge in [0.25, 0.3) is 0 Å². The van der Waals surface area contributed by atoms with Crippen molar-refractivity contribution in [2.45, 2.75) is 33.9 Å². The lowest BCUT2D eigenvalue weighted by molar-refractivity contribution is 0.627. The number of nitrogens with one attached hydrogen (secondary N) is 2. The minimum absolute atomic E-state index is 0. The summed E-state index contributed by atoms with van der Waals surface area (Å²) in [6, 6.07) is 16.5. The van der Waals surface area contributed by atoms with Gasteiger partial charge in [0.1, 0.15) is 5.82 Å². The van der Waals surface area contributed by atoms with Crippen molar-refractivity contribution in [3.63, 3.8) is 0 Å². The molecule has 0 aliphatic rings. The first-order valence-corrected chi connectivity index (χ1v) is 9.45. The molecule has 7 heteroatoms. The summed E-state index contributed by atoms with van der Waals surface area (Å²) in [5.74, 6) is 0.484. The molecule has 0 spiro atoms. The first kappa shape index (κ1) is 22.9. The molecule has 0 radical (unpaired) electrons. The number of aryl methyl sites for hydroxylation is 1. The summed E-state index contributed by atoms with van der Waals surface area (Å²) in [7, 11) is 0.